The van der Waals surface area contributed by atoms with Gasteiger partial charge in [0.25, 0.3) is 0 Å². The third-order valence-corrected chi connectivity index (χ3v) is 9.46. The van der Waals surface area contributed by atoms with Crippen LogP contribution in [0.25, 0.3) is 0 Å². The lowest BCUT2D eigenvalue weighted by Crippen LogP contribution is -2.56. The van der Waals surface area contributed by atoms with Gasteiger partial charge in [0.1, 0.15) is 0 Å². The molecule has 0 aromatic rings. The molecule has 2 unspecified atom stereocenters. The van der Waals surface area contributed by atoms with Gasteiger partial charge in [-0.05, 0) is 61.7 Å². The van der Waals surface area contributed by atoms with Crippen LogP contribution < -0.4 is 5.32 Å². The summed E-state index contributed by atoms with van der Waals surface area (Å²) in [6.45, 7) is 4.25. The second kappa shape index (κ2) is 6.18. The van der Waals surface area contributed by atoms with E-state index in [1.54, 1.807) is 0 Å². The van der Waals surface area contributed by atoms with Crippen molar-refractivity contribution < 1.29 is 13.2 Å². The number of nitrogens with zero attached hydrogens (tertiary/aromatic N) is 1. The summed E-state index contributed by atoms with van der Waals surface area (Å²) >= 11 is 0. The molecule has 0 aromatic heterocycles. The van der Waals surface area contributed by atoms with Gasteiger partial charge in [0.2, 0.25) is 0 Å². The van der Waals surface area contributed by atoms with Crippen molar-refractivity contribution in [2.45, 2.75) is 50.6 Å². The maximum atomic E-state index is 12.3. The van der Waals surface area contributed by atoms with Crippen molar-refractivity contribution in [1.82, 2.24) is 10.2 Å². The van der Waals surface area contributed by atoms with Gasteiger partial charge < -0.3 is 10.1 Å². The van der Waals surface area contributed by atoms with Crippen LogP contribution >= 0.6 is 0 Å². The molecule has 4 aliphatic carbocycles. The first-order chi connectivity index (χ1) is 12.0. The smallest absolute Gasteiger partial charge is 0.153 e. The van der Waals surface area contributed by atoms with Crippen LogP contribution in [0.15, 0.2) is 0 Å². The molecule has 2 saturated heterocycles. The Balaban J connectivity index is 1.27. The van der Waals surface area contributed by atoms with Crippen molar-refractivity contribution >= 4 is 9.84 Å². The van der Waals surface area contributed by atoms with E-state index in [-0.39, 0.29) is 12.1 Å². The summed E-state index contributed by atoms with van der Waals surface area (Å²) in [5.74, 6) is 3.51. The predicted molar refractivity (Wildman–Crippen MR) is 97.2 cm³/mol. The third kappa shape index (κ3) is 3.28. The van der Waals surface area contributed by atoms with E-state index in [0.29, 0.717) is 16.9 Å². The molecular weight excluding hydrogens is 336 g/mol. The highest BCUT2D eigenvalue weighted by Gasteiger charge is 2.51. The molecule has 2 atom stereocenters. The number of hydrogen-bond acceptors (Lipinski definition) is 5. The molecule has 6 rings (SSSR count). The summed E-state index contributed by atoms with van der Waals surface area (Å²) < 4.78 is 30.1. The Morgan fingerprint density at radius 3 is 2.16 bits per heavy atom. The standard InChI is InChI=1S/C19H32N2O3S/c22-25(23)11-17(18(12-25)21-1-3-24-4-2-21)20-13-19-8-14-5-15(9-19)7-16(6-14)10-19/h14-18,20H,1-13H2. The van der Waals surface area contributed by atoms with E-state index in [9.17, 15) is 8.42 Å². The quantitative estimate of drug-likeness (QED) is 0.810. The minimum atomic E-state index is -2.92. The topological polar surface area (TPSA) is 58.6 Å². The van der Waals surface area contributed by atoms with Gasteiger partial charge in [0, 0.05) is 31.7 Å². The van der Waals surface area contributed by atoms with E-state index >= 15 is 0 Å². The number of rotatable bonds is 4. The molecule has 6 aliphatic rings. The zero-order valence-electron chi connectivity index (χ0n) is 15.2. The highest BCUT2D eigenvalue weighted by molar-refractivity contribution is 7.91. The van der Waals surface area contributed by atoms with Crippen LogP contribution in [-0.2, 0) is 14.6 Å². The van der Waals surface area contributed by atoms with Crippen LogP contribution in [0.3, 0.4) is 0 Å². The number of sulfone groups is 1. The largest absolute Gasteiger partial charge is 0.379 e. The molecular formula is C19H32N2O3S. The number of hydrogen-bond donors (Lipinski definition) is 1. The molecule has 5 nitrogen and oxygen atoms in total. The summed E-state index contributed by atoms with van der Waals surface area (Å²) in [4.78, 5) is 2.35. The number of morpholine rings is 1. The molecule has 0 spiro atoms. The third-order valence-electron chi connectivity index (χ3n) is 7.74. The van der Waals surface area contributed by atoms with E-state index in [2.05, 4.69) is 10.2 Å². The molecule has 4 saturated carbocycles. The summed E-state index contributed by atoms with van der Waals surface area (Å²) in [6, 6.07) is 0.249. The highest BCUT2D eigenvalue weighted by atomic mass is 32.2. The van der Waals surface area contributed by atoms with E-state index in [4.69, 9.17) is 4.74 Å². The Hall–Kier alpha value is -0.170. The fourth-order valence-electron chi connectivity index (χ4n) is 7.15. The van der Waals surface area contributed by atoms with Crippen LogP contribution in [0, 0.1) is 23.2 Å². The van der Waals surface area contributed by atoms with Crippen molar-refractivity contribution in [3.8, 4) is 0 Å². The van der Waals surface area contributed by atoms with E-state index in [1.165, 1.54) is 38.5 Å². The van der Waals surface area contributed by atoms with Gasteiger partial charge >= 0.3 is 0 Å². The van der Waals surface area contributed by atoms with Gasteiger partial charge in [0.05, 0.1) is 24.7 Å². The SMILES string of the molecule is O=S1(=O)CC(NCC23CC4CC(CC(C4)C2)C3)C(N2CCOCC2)C1. The van der Waals surface area contributed by atoms with E-state index < -0.39 is 9.84 Å². The van der Waals surface area contributed by atoms with Gasteiger partial charge in [-0.1, -0.05) is 0 Å². The van der Waals surface area contributed by atoms with Gasteiger partial charge in [-0.15, -0.1) is 0 Å². The monoisotopic (exact) mass is 368 g/mol. The van der Waals surface area contributed by atoms with Crippen molar-refractivity contribution in [2.24, 2.45) is 23.2 Å². The average Bonchev–Trinajstić information content (AvgIpc) is 2.88. The molecule has 6 fully saturated rings. The summed E-state index contributed by atoms with van der Waals surface area (Å²) in [6.07, 6.45) is 8.55. The maximum Gasteiger partial charge on any atom is 0.153 e. The number of ether oxygens (including phenoxy) is 1. The van der Waals surface area contributed by atoms with Crippen molar-refractivity contribution in [2.75, 3.05) is 44.4 Å². The molecule has 6 heteroatoms. The highest BCUT2D eigenvalue weighted by Crippen LogP contribution is 2.59. The van der Waals surface area contributed by atoms with Crippen LogP contribution in [0.5, 0.6) is 0 Å². The molecule has 142 valence electrons. The Kier molecular flexibility index (Phi) is 4.19. The van der Waals surface area contributed by atoms with Gasteiger partial charge in [-0.25, -0.2) is 8.42 Å². The minimum absolute atomic E-state index is 0.108. The normalized spacial score (nSPS) is 48.9. The van der Waals surface area contributed by atoms with Crippen LogP contribution in [0.2, 0.25) is 0 Å². The first-order valence-corrected chi connectivity index (χ1v) is 12.1. The second-order valence-electron chi connectivity index (χ2n) is 9.70. The lowest BCUT2D eigenvalue weighted by molar-refractivity contribution is -0.0538. The van der Waals surface area contributed by atoms with Crippen LogP contribution in [0.4, 0.5) is 0 Å². The van der Waals surface area contributed by atoms with Crippen molar-refractivity contribution in [1.29, 1.82) is 0 Å². The van der Waals surface area contributed by atoms with Gasteiger partial charge in [-0.2, -0.15) is 0 Å². The Morgan fingerprint density at radius 1 is 0.960 bits per heavy atom. The Morgan fingerprint density at radius 2 is 1.56 bits per heavy atom. The second-order valence-corrected chi connectivity index (χ2v) is 11.9. The predicted octanol–water partition coefficient (Wildman–Crippen LogP) is 1.29. The zero-order valence-corrected chi connectivity index (χ0v) is 16.0. The lowest BCUT2D eigenvalue weighted by Gasteiger charge is -2.57. The molecule has 0 amide bonds. The van der Waals surface area contributed by atoms with Crippen molar-refractivity contribution in [3.63, 3.8) is 0 Å². The molecule has 1 N–H and O–H groups in total. The molecule has 0 aromatic carbocycles. The van der Waals surface area contributed by atoms with E-state index in [1.807, 2.05) is 0 Å². The molecule has 2 aliphatic heterocycles. The molecule has 4 bridgehead atoms. The molecule has 0 radical (unpaired) electrons. The molecule has 2 heterocycles. The lowest BCUT2D eigenvalue weighted by atomic mass is 9.49. The first kappa shape index (κ1) is 17.0. The number of nitrogens with one attached hydrogen (secondary N) is 1. The maximum absolute atomic E-state index is 12.3. The Bertz CT molecular complexity index is 579. The summed E-state index contributed by atoms with van der Waals surface area (Å²) in [7, 11) is -2.92. The average molecular weight is 369 g/mol. The Labute approximate surface area is 151 Å². The minimum Gasteiger partial charge on any atom is -0.379 e. The fraction of sp³-hybridized carbons (Fsp3) is 1.00. The summed E-state index contributed by atoms with van der Waals surface area (Å²) in [5, 5.41) is 3.78. The zero-order chi connectivity index (χ0) is 17.1. The molecule has 25 heavy (non-hydrogen) atoms. The first-order valence-electron chi connectivity index (χ1n) is 10.3. The fourth-order valence-corrected chi connectivity index (χ4v) is 9.13. The van der Waals surface area contributed by atoms with Crippen molar-refractivity contribution in [3.05, 3.63) is 0 Å². The van der Waals surface area contributed by atoms with E-state index in [0.717, 1.165) is 50.6 Å². The van der Waals surface area contributed by atoms with Crippen LogP contribution in [0.1, 0.15) is 38.5 Å². The van der Waals surface area contributed by atoms with Gasteiger partial charge in [-0.3, -0.25) is 4.90 Å². The summed E-state index contributed by atoms with van der Waals surface area (Å²) in [5.41, 5.74) is 0.469. The van der Waals surface area contributed by atoms with Gasteiger partial charge in [0.15, 0.2) is 9.84 Å². The van der Waals surface area contributed by atoms with Crippen LogP contribution in [-0.4, -0.2) is 69.8 Å².